The van der Waals surface area contributed by atoms with Crippen LogP contribution >= 0.6 is 0 Å². The first-order valence-corrected chi connectivity index (χ1v) is 8.34. The van der Waals surface area contributed by atoms with Crippen molar-refractivity contribution in [2.75, 3.05) is 13.2 Å². The summed E-state index contributed by atoms with van der Waals surface area (Å²) in [5.41, 5.74) is 1.15. The maximum absolute atomic E-state index is 11.9. The monoisotopic (exact) mass is 305 g/mol. The molecule has 0 spiro atoms. The zero-order valence-corrected chi connectivity index (χ0v) is 13.4. The van der Waals surface area contributed by atoms with E-state index in [9.17, 15) is 9.90 Å². The van der Waals surface area contributed by atoms with Crippen molar-refractivity contribution in [2.24, 2.45) is 5.92 Å². The fourth-order valence-electron chi connectivity index (χ4n) is 2.97. The minimum absolute atomic E-state index is 0.0916. The molecule has 2 rings (SSSR count). The number of aliphatic hydroxyl groups is 1. The molecular weight excluding hydrogens is 278 g/mol. The fourth-order valence-corrected chi connectivity index (χ4v) is 2.97. The van der Waals surface area contributed by atoms with Gasteiger partial charge in [0, 0.05) is 13.0 Å². The molecule has 4 nitrogen and oxygen atoms in total. The fraction of sp³-hybridized carbons (Fsp3) is 0.611. The highest BCUT2D eigenvalue weighted by atomic mass is 16.5. The SMILES string of the molecule is CCOc1ccc(CCC(=O)NC[C@@H]2CCC[C@@H](O)C2)cc1. The molecule has 1 aliphatic rings. The summed E-state index contributed by atoms with van der Waals surface area (Å²) >= 11 is 0. The molecule has 2 atom stereocenters. The largest absolute Gasteiger partial charge is 0.494 e. The molecule has 1 fully saturated rings. The van der Waals surface area contributed by atoms with E-state index in [-0.39, 0.29) is 12.0 Å². The van der Waals surface area contributed by atoms with E-state index in [0.29, 0.717) is 25.5 Å². The summed E-state index contributed by atoms with van der Waals surface area (Å²) in [6, 6.07) is 7.91. The van der Waals surface area contributed by atoms with E-state index in [0.717, 1.165) is 43.4 Å². The van der Waals surface area contributed by atoms with E-state index in [1.807, 2.05) is 31.2 Å². The Labute approximate surface area is 132 Å². The number of carbonyl (C=O) groups excluding carboxylic acids is 1. The first kappa shape index (κ1) is 16.8. The van der Waals surface area contributed by atoms with Gasteiger partial charge in [-0.3, -0.25) is 4.79 Å². The van der Waals surface area contributed by atoms with Gasteiger partial charge in [-0.25, -0.2) is 0 Å². The van der Waals surface area contributed by atoms with E-state index in [2.05, 4.69) is 5.32 Å². The van der Waals surface area contributed by atoms with Crippen LogP contribution in [0.3, 0.4) is 0 Å². The maximum Gasteiger partial charge on any atom is 0.220 e. The Morgan fingerprint density at radius 1 is 1.32 bits per heavy atom. The number of hydrogen-bond donors (Lipinski definition) is 2. The quantitative estimate of drug-likeness (QED) is 0.814. The molecule has 1 amide bonds. The molecule has 0 radical (unpaired) electrons. The second kappa shape index (κ2) is 8.79. The van der Waals surface area contributed by atoms with E-state index >= 15 is 0 Å². The topological polar surface area (TPSA) is 58.6 Å². The summed E-state index contributed by atoms with van der Waals surface area (Å²) in [4.78, 5) is 11.9. The molecule has 122 valence electrons. The van der Waals surface area contributed by atoms with Crippen LogP contribution in [0.1, 0.15) is 44.6 Å². The summed E-state index contributed by atoms with van der Waals surface area (Å²) in [5.74, 6) is 1.39. The highest BCUT2D eigenvalue weighted by Crippen LogP contribution is 2.23. The van der Waals surface area contributed by atoms with E-state index in [1.54, 1.807) is 0 Å². The highest BCUT2D eigenvalue weighted by molar-refractivity contribution is 5.76. The number of hydrogen-bond acceptors (Lipinski definition) is 3. The first-order chi connectivity index (χ1) is 10.7. The molecule has 1 aromatic rings. The summed E-state index contributed by atoms with van der Waals surface area (Å²) in [6.45, 7) is 3.32. The summed E-state index contributed by atoms with van der Waals surface area (Å²) in [7, 11) is 0. The van der Waals surface area contributed by atoms with Crippen molar-refractivity contribution in [2.45, 2.75) is 51.6 Å². The molecular formula is C18H27NO3. The Morgan fingerprint density at radius 3 is 2.77 bits per heavy atom. The van der Waals surface area contributed by atoms with E-state index in [1.165, 1.54) is 0 Å². The highest BCUT2D eigenvalue weighted by Gasteiger charge is 2.20. The van der Waals surface area contributed by atoms with Crippen LogP contribution in [0, 0.1) is 5.92 Å². The van der Waals surface area contributed by atoms with Gasteiger partial charge in [0.1, 0.15) is 5.75 Å². The molecule has 0 bridgehead atoms. The van der Waals surface area contributed by atoms with Crippen LogP contribution in [0.15, 0.2) is 24.3 Å². The van der Waals surface area contributed by atoms with Crippen molar-refractivity contribution in [3.8, 4) is 5.75 Å². The predicted molar refractivity (Wildman–Crippen MR) is 86.9 cm³/mol. The van der Waals surface area contributed by atoms with Gasteiger partial charge in [-0.1, -0.05) is 18.6 Å². The van der Waals surface area contributed by atoms with Crippen LogP contribution < -0.4 is 10.1 Å². The molecule has 22 heavy (non-hydrogen) atoms. The van der Waals surface area contributed by atoms with E-state index < -0.39 is 0 Å². The molecule has 1 saturated carbocycles. The zero-order chi connectivity index (χ0) is 15.8. The number of ether oxygens (including phenoxy) is 1. The first-order valence-electron chi connectivity index (χ1n) is 8.34. The Morgan fingerprint density at radius 2 is 2.09 bits per heavy atom. The van der Waals surface area contributed by atoms with Crippen LogP contribution in [0.2, 0.25) is 0 Å². The molecule has 0 aliphatic heterocycles. The van der Waals surface area contributed by atoms with Gasteiger partial charge in [-0.15, -0.1) is 0 Å². The van der Waals surface area contributed by atoms with Gasteiger partial charge in [0.25, 0.3) is 0 Å². The van der Waals surface area contributed by atoms with E-state index in [4.69, 9.17) is 4.74 Å². The van der Waals surface area contributed by atoms with Crippen LogP contribution in [-0.4, -0.2) is 30.3 Å². The summed E-state index contributed by atoms with van der Waals surface area (Å²) < 4.78 is 5.40. The summed E-state index contributed by atoms with van der Waals surface area (Å²) in [5, 5.41) is 12.6. The minimum atomic E-state index is -0.181. The number of rotatable bonds is 7. The lowest BCUT2D eigenvalue weighted by Crippen LogP contribution is -2.33. The number of aliphatic hydroxyl groups excluding tert-OH is 1. The van der Waals surface area contributed by atoms with Gasteiger partial charge in [0.15, 0.2) is 0 Å². The van der Waals surface area contributed by atoms with Crippen LogP contribution in [0.4, 0.5) is 0 Å². The average molecular weight is 305 g/mol. The molecule has 0 saturated heterocycles. The smallest absolute Gasteiger partial charge is 0.220 e. The number of amides is 1. The minimum Gasteiger partial charge on any atom is -0.494 e. The van der Waals surface area contributed by atoms with Crippen molar-refractivity contribution in [3.63, 3.8) is 0 Å². The third-order valence-electron chi connectivity index (χ3n) is 4.22. The predicted octanol–water partition coefficient (Wildman–Crippen LogP) is 2.69. The average Bonchev–Trinajstić information content (AvgIpc) is 2.53. The van der Waals surface area contributed by atoms with Crippen LogP contribution in [0.25, 0.3) is 0 Å². The Balaban J connectivity index is 1.66. The van der Waals surface area contributed by atoms with Crippen molar-refractivity contribution in [1.29, 1.82) is 0 Å². The number of nitrogens with one attached hydrogen (secondary N) is 1. The number of carbonyl (C=O) groups is 1. The third-order valence-corrected chi connectivity index (χ3v) is 4.22. The Hall–Kier alpha value is -1.55. The molecule has 2 N–H and O–H groups in total. The van der Waals surface area contributed by atoms with Gasteiger partial charge in [0.2, 0.25) is 5.91 Å². The lowest BCUT2D eigenvalue weighted by molar-refractivity contribution is -0.121. The molecule has 0 heterocycles. The molecule has 1 aliphatic carbocycles. The lowest BCUT2D eigenvalue weighted by atomic mass is 9.87. The van der Waals surface area contributed by atoms with Crippen molar-refractivity contribution < 1.29 is 14.6 Å². The van der Waals surface area contributed by atoms with Crippen LogP contribution in [-0.2, 0) is 11.2 Å². The molecule has 0 unspecified atom stereocenters. The lowest BCUT2D eigenvalue weighted by Gasteiger charge is -2.25. The van der Waals surface area contributed by atoms with Gasteiger partial charge in [-0.05, 0) is 56.2 Å². The second-order valence-corrected chi connectivity index (χ2v) is 6.07. The Kier molecular flexibility index (Phi) is 6.72. The van der Waals surface area contributed by atoms with Gasteiger partial charge < -0.3 is 15.2 Å². The maximum atomic E-state index is 11.9. The van der Waals surface area contributed by atoms with Crippen molar-refractivity contribution >= 4 is 5.91 Å². The van der Waals surface area contributed by atoms with Gasteiger partial charge in [0.05, 0.1) is 12.7 Å². The van der Waals surface area contributed by atoms with Gasteiger partial charge in [-0.2, -0.15) is 0 Å². The zero-order valence-electron chi connectivity index (χ0n) is 13.4. The number of aryl methyl sites for hydroxylation is 1. The Bertz CT molecular complexity index is 458. The molecule has 1 aromatic carbocycles. The van der Waals surface area contributed by atoms with Gasteiger partial charge >= 0.3 is 0 Å². The normalized spacial score (nSPS) is 21.4. The van der Waals surface area contributed by atoms with Crippen molar-refractivity contribution in [1.82, 2.24) is 5.32 Å². The summed E-state index contributed by atoms with van der Waals surface area (Å²) in [6.07, 6.45) is 4.96. The standard InChI is InChI=1S/C18H27NO3/c1-2-22-17-9-6-14(7-10-17)8-11-18(21)19-13-15-4-3-5-16(20)12-15/h6-7,9-10,15-16,20H,2-5,8,11-13H2,1H3,(H,19,21)/t15-,16-/m1/s1. The molecule has 4 heteroatoms. The third kappa shape index (κ3) is 5.68. The molecule has 0 aromatic heterocycles. The van der Waals surface area contributed by atoms with Crippen molar-refractivity contribution in [3.05, 3.63) is 29.8 Å². The second-order valence-electron chi connectivity index (χ2n) is 6.07. The van der Waals surface area contributed by atoms with Crippen LogP contribution in [0.5, 0.6) is 5.75 Å². The number of benzene rings is 1.